The maximum Gasteiger partial charge on any atom is 0.321 e. The van der Waals surface area contributed by atoms with E-state index in [4.69, 9.17) is 5.11 Å². The van der Waals surface area contributed by atoms with Crippen molar-refractivity contribution < 1.29 is 18.3 Å². The number of aliphatic carboxylic acids is 1. The Hall–Kier alpha value is -1.40. The molecule has 0 saturated heterocycles. The van der Waals surface area contributed by atoms with E-state index in [1.54, 1.807) is 32.0 Å². The Kier molecular flexibility index (Phi) is 5.08. The van der Waals surface area contributed by atoms with Crippen molar-refractivity contribution in [3.05, 3.63) is 35.4 Å². The fourth-order valence-electron chi connectivity index (χ4n) is 1.73. The number of carboxylic acids is 1. The second-order valence-electron chi connectivity index (χ2n) is 4.93. The average Bonchev–Trinajstić information content (AvgIpc) is 2.24. The molecule has 0 radical (unpaired) electrons. The zero-order valence-corrected chi connectivity index (χ0v) is 12.1. The van der Waals surface area contributed by atoms with Crippen LogP contribution in [0.5, 0.6) is 0 Å². The van der Waals surface area contributed by atoms with Gasteiger partial charge in [-0.2, -0.15) is 0 Å². The first-order valence-corrected chi connectivity index (χ1v) is 7.65. The van der Waals surface area contributed by atoms with E-state index >= 15 is 0 Å². The number of sulfonamides is 1. The van der Waals surface area contributed by atoms with E-state index in [2.05, 4.69) is 4.72 Å². The standard InChI is InChI=1S/C13H19NO4S/c1-9(2)12(13(15)16)14-19(17,18)8-11-6-4-5-10(3)7-11/h4-7,9,12,14H,8H2,1-3H3,(H,15,16). The lowest BCUT2D eigenvalue weighted by Gasteiger charge is -2.18. The molecule has 106 valence electrons. The Bertz CT molecular complexity index is 552. The summed E-state index contributed by atoms with van der Waals surface area (Å²) >= 11 is 0. The Morgan fingerprint density at radius 3 is 2.47 bits per heavy atom. The molecule has 0 amide bonds. The van der Waals surface area contributed by atoms with Gasteiger partial charge in [0.2, 0.25) is 10.0 Å². The highest BCUT2D eigenvalue weighted by molar-refractivity contribution is 7.88. The van der Waals surface area contributed by atoms with E-state index < -0.39 is 22.0 Å². The summed E-state index contributed by atoms with van der Waals surface area (Å²) < 4.78 is 26.1. The number of nitrogens with one attached hydrogen (secondary N) is 1. The van der Waals surface area contributed by atoms with Crippen molar-refractivity contribution in [1.29, 1.82) is 0 Å². The highest BCUT2D eigenvalue weighted by Gasteiger charge is 2.26. The van der Waals surface area contributed by atoms with Crippen LogP contribution < -0.4 is 4.72 Å². The molecule has 1 atom stereocenters. The predicted molar refractivity (Wildman–Crippen MR) is 73.2 cm³/mol. The van der Waals surface area contributed by atoms with Crippen LogP contribution >= 0.6 is 0 Å². The summed E-state index contributed by atoms with van der Waals surface area (Å²) in [5.41, 5.74) is 1.60. The summed E-state index contributed by atoms with van der Waals surface area (Å²) in [5.74, 6) is -1.70. The van der Waals surface area contributed by atoms with E-state index in [0.717, 1.165) is 5.56 Å². The van der Waals surface area contributed by atoms with Gasteiger partial charge in [-0.05, 0) is 18.4 Å². The van der Waals surface area contributed by atoms with Crippen molar-refractivity contribution in [2.45, 2.75) is 32.6 Å². The van der Waals surface area contributed by atoms with E-state index in [1.807, 2.05) is 13.0 Å². The summed E-state index contributed by atoms with van der Waals surface area (Å²) in [7, 11) is -3.67. The third kappa shape index (κ3) is 5.00. The van der Waals surface area contributed by atoms with Crippen molar-refractivity contribution in [1.82, 2.24) is 4.72 Å². The highest BCUT2D eigenvalue weighted by Crippen LogP contribution is 2.10. The third-order valence-electron chi connectivity index (χ3n) is 2.68. The molecule has 0 spiro atoms. The zero-order valence-electron chi connectivity index (χ0n) is 11.3. The monoisotopic (exact) mass is 285 g/mol. The van der Waals surface area contributed by atoms with Crippen LogP contribution in [0.25, 0.3) is 0 Å². The molecule has 0 heterocycles. The van der Waals surface area contributed by atoms with Crippen molar-refractivity contribution in [2.75, 3.05) is 0 Å². The molecule has 0 aliphatic carbocycles. The minimum absolute atomic E-state index is 0.217. The van der Waals surface area contributed by atoms with Crippen LogP contribution in [0.1, 0.15) is 25.0 Å². The number of benzene rings is 1. The fourth-order valence-corrected chi connectivity index (χ4v) is 3.19. The molecule has 0 saturated carbocycles. The number of aryl methyl sites for hydroxylation is 1. The number of hydrogen-bond acceptors (Lipinski definition) is 3. The Morgan fingerprint density at radius 1 is 1.37 bits per heavy atom. The second-order valence-corrected chi connectivity index (χ2v) is 6.68. The Balaban J connectivity index is 2.84. The summed E-state index contributed by atoms with van der Waals surface area (Å²) in [6.45, 7) is 5.19. The van der Waals surface area contributed by atoms with Crippen LogP contribution in [-0.2, 0) is 20.6 Å². The smallest absolute Gasteiger partial charge is 0.321 e. The first-order valence-electron chi connectivity index (χ1n) is 5.99. The van der Waals surface area contributed by atoms with E-state index in [1.165, 1.54) is 0 Å². The molecule has 2 N–H and O–H groups in total. The van der Waals surface area contributed by atoms with E-state index in [-0.39, 0.29) is 11.7 Å². The quantitative estimate of drug-likeness (QED) is 0.830. The highest BCUT2D eigenvalue weighted by atomic mass is 32.2. The van der Waals surface area contributed by atoms with Gasteiger partial charge in [-0.1, -0.05) is 43.7 Å². The van der Waals surface area contributed by atoms with Gasteiger partial charge in [0.05, 0.1) is 5.75 Å². The molecule has 0 bridgehead atoms. The van der Waals surface area contributed by atoms with Gasteiger partial charge < -0.3 is 5.11 Å². The zero-order chi connectivity index (χ0) is 14.6. The molecule has 0 aromatic heterocycles. The first-order chi connectivity index (χ1) is 8.71. The minimum atomic E-state index is -3.67. The maximum absolute atomic E-state index is 12.0. The van der Waals surface area contributed by atoms with Crippen LogP contribution in [0.3, 0.4) is 0 Å². The lowest BCUT2D eigenvalue weighted by atomic mass is 10.1. The van der Waals surface area contributed by atoms with Crippen LogP contribution in [0, 0.1) is 12.8 Å². The predicted octanol–water partition coefficient (Wildman–Crippen LogP) is 1.52. The first kappa shape index (κ1) is 15.7. The fraction of sp³-hybridized carbons (Fsp3) is 0.462. The molecule has 6 heteroatoms. The molecular formula is C13H19NO4S. The van der Waals surface area contributed by atoms with Gasteiger partial charge in [-0.15, -0.1) is 0 Å². The Morgan fingerprint density at radius 2 is 2.00 bits per heavy atom. The molecule has 0 aliphatic rings. The average molecular weight is 285 g/mol. The molecule has 1 unspecified atom stereocenters. The van der Waals surface area contributed by atoms with Gasteiger partial charge in [0.25, 0.3) is 0 Å². The summed E-state index contributed by atoms with van der Waals surface area (Å²) in [6.07, 6.45) is 0. The summed E-state index contributed by atoms with van der Waals surface area (Å²) in [5, 5.41) is 8.99. The van der Waals surface area contributed by atoms with Gasteiger partial charge in [0.1, 0.15) is 6.04 Å². The number of hydrogen-bond donors (Lipinski definition) is 2. The van der Waals surface area contributed by atoms with Crippen molar-refractivity contribution in [3.8, 4) is 0 Å². The van der Waals surface area contributed by atoms with Crippen molar-refractivity contribution >= 4 is 16.0 Å². The number of carbonyl (C=O) groups is 1. The van der Waals surface area contributed by atoms with Crippen LogP contribution in [0.15, 0.2) is 24.3 Å². The van der Waals surface area contributed by atoms with E-state index in [9.17, 15) is 13.2 Å². The largest absolute Gasteiger partial charge is 0.480 e. The van der Waals surface area contributed by atoms with Crippen molar-refractivity contribution in [3.63, 3.8) is 0 Å². The van der Waals surface area contributed by atoms with Gasteiger partial charge in [-0.3, -0.25) is 4.79 Å². The molecule has 1 rings (SSSR count). The van der Waals surface area contributed by atoms with Crippen LogP contribution in [0.4, 0.5) is 0 Å². The minimum Gasteiger partial charge on any atom is -0.480 e. The van der Waals surface area contributed by atoms with Crippen LogP contribution in [-0.4, -0.2) is 25.5 Å². The third-order valence-corrected chi connectivity index (χ3v) is 4.00. The molecule has 5 nitrogen and oxygen atoms in total. The van der Waals surface area contributed by atoms with Gasteiger partial charge >= 0.3 is 5.97 Å². The molecule has 0 fully saturated rings. The topological polar surface area (TPSA) is 83.5 Å². The second kappa shape index (κ2) is 6.16. The molecular weight excluding hydrogens is 266 g/mol. The normalized spacial score (nSPS) is 13.5. The molecule has 0 aliphatic heterocycles. The lowest BCUT2D eigenvalue weighted by Crippen LogP contribution is -2.44. The van der Waals surface area contributed by atoms with Gasteiger partial charge in [-0.25, -0.2) is 13.1 Å². The number of rotatable bonds is 6. The summed E-state index contributed by atoms with van der Waals surface area (Å²) in [6, 6.07) is 6.02. The number of carboxylic acid groups (broad SMARTS) is 1. The van der Waals surface area contributed by atoms with Crippen LogP contribution in [0.2, 0.25) is 0 Å². The molecule has 1 aromatic carbocycles. The molecule has 19 heavy (non-hydrogen) atoms. The van der Waals surface area contributed by atoms with Crippen molar-refractivity contribution in [2.24, 2.45) is 5.92 Å². The molecule has 1 aromatic rings. The SMILES string of the molecule is Cc1cccc(CS(=O)(=O)NC(C(=O)O)C(C)C)c1. The van der Waals surface area contributed by atoms with Gasteiger partial charge in [0, 0.05) is 0 Å². The lowest BCUT2D eigenvalue weighted by molar-refractivity contribution is -0.140. The van der Waals surface area contributed by atoms with Gasteiger partial charge in [0.15, 0.2) is 0 Å². The maximum atomic E-state index is 12.0. The summed E-state index contributed by atoms with van der Waals surface area (Å²) in [4.78, 5) is 11.0. The van der Waals surface area contributed by atoms with E-state index in [0.29, 0.717) is 5.56 Å². The Labute approximate surface area is 113 Å².